The molecule has 0 atom stereocenters. The Morgan fingerprint density at radius 1 is 1.12 bits per heavy atom. The lowest BCUT2D eigenvalue weighted by Crippen LogP contribution is -2.21. The van der Waals surface area contributed by atoms with E-state index in [1.165, 1.54) is 0 Å². The van der Waals surface area contributed by atoms with E-state index < -0.39 is 0 Å². The van der Waals surface area contributed by atoms with E-state index in [1.54, 1.807) is 19.4 Å². The molecule has 1 amide bonds. The molecule has 1 aromatic heterocycles. The monoisotopic (exact) mass is 356 g/mol. The summed E-state index contributed by atoms with van der Waals surface area (Å²) >= 11 is 0. The number of ether oxygens (including phenoxy) is 1. The highest BCUT2D eigenvalue weighted by Crippen LogP contribution is 2.18. The minimum absolute atomic E-state index is 0.221. The van der Waals surface area contributed by atoms with Gasteiger partial charge in [0.05, 0.1) is 0 Å². The Labute approximate surface area is 155 Å². The van der Waals surface area contributed by atoms with Gasteiger partial charge in [0, 0.05) is 56.6 Å². The van der Waals surface area contributed by atoms with Gasteiger partial charge in [0.25, 0.3) is 5.91 Å². The molecule has 0 saturated heterocycles. The lowest BCUT2D eigenvalue weighted by atomic mass is 10.2. The number of benzene rings is 1. The number of anilines is 3. The number of aromatic nitrogens is 1. The third-order valence-corrected chi connectivity index (χ3v) is 4.10. The van der Waals surface area contributed by atoms with E-state index in [0.717, 1.165) is 43.1 Å². The Balaban J connectivity index is 1.96. The summed E-state index contributed by atoms with van der Waals surface area (Å²) in [5.41, 5.74) is 3.16. The van der Waals surface area contributed by atoms with E-state index in [9.17, 15) is 4.79 Å². The van der Waals surface area contributed by atoms with E-state index in [0.29, 0.717) is 12.3 Å². The van der Waals surface area contributed by atoms with Crippen LogP contribution in [0.4, 0.5) is 17.1 Å². The second kappa shape index (κ2) is 10.4. The molecule has 6 nitrogen and oxygen atoms in total. The molecule has 0 saturated carbocycles. The first kappa shape index (κ1) is 19.7. The molecule has 0 bridgehead atoms. The van der Waals surface area contributed by atoms with Crippen LogP contribution in [-0.2, 0) is 4.74 Å². The average molecular weight is 356 g/mol. The molecule has 0 aliphatic rings. The van der Waals surface area contributed by atoms with Crippen LogP contribution in [0.3, 0.4) is 0 Å². The maximum Gasteiger partial charge on any atom is 0.274 e. The largest absolute Gasteiger partial charge is 0.385 e. The summed E-state index contributed by atoms with van der Waals surface area (Å²) < 4.78 is 5.03. The lowest BCUT2D eigenvalue weighted by molar-refractivity contribution is 0.102. The Morgan fingerprint density at radius 2 is 1.85 bits per heavy atom. The zero-order chi connectivity index (χ0) is 18.8. The van der Waals surface area contributed by atoms with E-state index in [4.69, 9.17) is 4.74 Å². The number of carbonyl (C=O) groups is 1. The number of pyridine rings is 1. The molecule has 0 spiro atoms. The van der Waals surface area contributed by atoms with Gasteiger partial charge in [-0.15, -0.1) is 0 Å². The predicted molar refractivity (Wildman–Crippen MR) is 107 cm³/mol. The Kier molecular flexibility index (Phi) is 7.89. The average Bonchev–Trinajstić information content (AvgIpc) is 2.68. The standard InChI is InChI=1S/C20H28N4O2/c1-4-24(5-2)18-9-7-16(8-10-18)23-20(25)19-15-17(11-13-22-19)21-12-6-14-26-3/h7-11,13,15H,4-6,12,14H2,1-3H3,(H,21,22)(H,23,25). The minimum Gasteiger partial charge on any atom is -0.385 e. The highest BCUT2D eigenvalue weighted by Gasteiger charge is 2.09. The van der Waals surface area contributed by atoms with Gasteiger partial charge >= 0.3 is 0 Å². The number of methoxy groups -OCH3 is 1. The summed E-state index contributed by atoms with van der Waals surface area (Å²) in [6.45, 7) is 7.65. The van der Waals surface area contributed by atoms with Crippen molar-refractivity contribution in [3.05, 3.63) is 48.3 Å². The number of nitrogens with zero attached hydrogens (tertiary/aromatic N) is 2. The Bertz CT molecular complexity index is 684. The topological polar surface area (TPSA) is 66.5 Å². The van der Waals surface area contributed by atoms with Crippen molar-refractivity contribution in [1.82, 2.24) is 4.98 Å². The molecule has 140 valence electrons. The number of hydrogen-bond donors (Lipinski definition) is 2. The smallest absolute Gasteiger partial charge is 0.274 e. The van der Waals surface area contributed by atoms with Crippen LogP contribution < -0.4 is 15.5 Å². The van der Waals surface area contributed by atoms with E-state index in [-0.39, 0.29) is 5.91 Å². The number of rotatable bonds is 10. The normalized spacial score (nSPS) is 10.4. The van der Waals surface area contributed by atoms with Crippen molar-refractivity contribution < 1.29 is 9.53 Å². The van der Waals surface area contributed by atoms with Gasteiger partial charge < -0.3 is 20.3 Å². The fraction of sp³-hybridized carbons (Fsp3) is 0.400. The molecular weight excluding hydrogens is 328 g/mol. The van der Waals surface area contributed by atoms with Crippen molar-refractivity contribution in [1.29, 1.82) is 0 Å². The second-order valence-corrected chi connectivity index (χ2v) is 5.88. The van der Waals surface area contributed by atoms with Crippen LogP contribution in [-0.4, -0.2) is 44.2 Å². The van der Waals surface area contributed by atoms with Crippen LogP contribution in [0.25, 0.3) is 0 Å². The zero-order valence-electron chi connectivity index (χ0n) is 15.8. The third-order valence-electron chi connectivity index (χ3n) is 4.10. The number of nitrogens with one attached hydrogen (secondary N) is 2. The number of amides is 1. The minimum atomic E-state index is -0.221. The number of carbonyl (C=O) groups excluding carboxylic acids is 1. The van der Waals surface area contributed by atoms with Crippen LogP contribution in [0.15, 0.2) is 42.6 Å². The zero-order valence-corrected chi connectivity index (χ0v) is 15.8. The molecule has 0 unspecified atom stereocenters. The molecule has 1 aromatic carbocycles. The van der Waals surface area contributed by atoms with Crippen molar-refractivity contribution in [2.24, 2.45) is 0 Å². The quantitative estimate of drug-likeness (QED) is 0.637. The summed E-state index contributed by atoms with van der Waals surface area (Å²) in [4.78, 5) is 18.9. The van der Waals surface area contributed by atoms with Gasteiger partial charge in [-0.25, -0.2) is 0 Å². The molecule has 1 heterocycles. The summed E-state index contributed by atoms with van der Waals surface area (Å²) in [6.07, 6.45) is 2.54. The van der Waals surface area contributed by atoms with Crippen LogP contribution in [0, 0.1) is 0 Å². The molecule has 26 heavy (non-hydrogen) atoms. The molecule has 0 aliphatic carbocycles. The van der Waals surface area contributed by atoms with Gasteiger partial charge in [-0.2, -0.15) is 0 Å². The van der Waals surface area contributed by atoms with E-state index in [1.807, 2.05) is 30.3 Å². The second-order valence-electron chi connectivity index (χ2n) is 5.88. The van der Waals surface area contributed by atoms with Crippen LogP contribution in [0.1, 0.15) is 30.8 Å². The first-order valence-corrected chi connectivity index (χ1v) is 9.03. The first-order valence-electron chi connectivity index (χ1n) is 9.03. The van der Waals surface area contributed by atoms with E-state index in [2.05, 4.69) is 34.4 Å². The van der Waals surface area contributed by atoms with Crippen molar-refractivity contribution in [2.45, 2.75) is 20.3 Å². The van der Waals surface area contributed by atoms with Gasteiger partial charge in [0.1, 0.15) is 5.69 Å². The first-order chi connectivity index (χ1) is 12.7. The van der Waals surface area contributed by atoms with Crippen molar-refractivity contribution in [3.8, 4) is 0 Å². The highest BCUT2D eigenvalue weighted by atomic mass is 16.5. The molecule has 2 aromatic rings. The van der Waals surface area contributed by atoms with Gasteiger partial charge in [0.2, 0.25) is 0 Å². The van der Waals surface area contributed by atoms with Crippen LogP contribution >= 0.6 is 0 Å². The highest BCUT2D eigenvalue weighted by molar-refractivity contribution is 6.03. The maximum atomic E-state index is 12.4. The van der Waals surface area contributed by atoms with Gasteiger partial charge in [-0.1, -0.05) is 0 Å². The third kappa shape index (κ3) is 5.74. The predicted octanol–water partition coefficient (Wildman–Crippen LogP) is 3.63. The Hall–Kier alpha value is -2.60. The van der Waals surface area contributed by atoms with E-state index >= 15 is 0 Å². The summed E-state index contributed by atoms with van der Waals surface area (Å²) in [5.74, 6) is -0.221. The molecule has 2 rings (SSSR count). The summed E-state index contributed by atoms with van der Waals surface area (Å²) in [6, 6.07) is 11.5. The fourth-order valence-electron chi connectivity index (χ4n) is 2.65. The van der Waals surface area contributed by atoms with Gasteiger partial charge in [-0.3, -0.25) is 9.78 Å². The van der Waals surface area contributed by atoms with Crippen LogP contribution in [0.2, 0.25) is 0 Å². The molecule has 6 heteroatoms. The SMILES string of the molecule is CCN(CC)c1ccc(NC(=O)c2cc(NCCCOC)ccn2)cc1. The molecule has 2 N–H and O–H groups in total. The van der Waals surface area contributed by atoms with Crippen molar-refractivity contribution in [2.75, 3.05) is 48.9 Å². The Morgan fingerprint density at radius 3 is 2.50 bits per heavy atom. The maximum absolute atomic E-state index is 12.4. The molecular formula is C20H28N4O2. The summed E-state index contributed by atoms with van der Waals surface area (Å²) in [7, 11) is 1.68. The molecule has 0 aliphatic heterocycles. The molecule has 0 fully saturated rings. The lowest BCUT2D eigenvalue weighted by Gasteiger charge is -2.21. The summed E-state index contributed by atoms with van der Waals surface area (Å²) in [5, 5.41) is 6.16. The number of hydrogen-bond acceptors (Lipinski definition) is 5. The molecule has 0 radical (unpaired) electrons. The van der Waals surface area contributed by atoms with Gasteiger partial charge in [-0.05, 0) is 56.7 Å². The van der Waals surface area contributed by atoms with Crippen molar-refractivity contribution in [3.63, 3.8) is 0 Å². The van der Waals surface area contributed by atoms with Crippen molar-refractivity contribution >= 4 is 23.0 Å². The van der Waals surface area contributed by atoms with Gasteiger partial charge in [0.15, 0.2) is 0 Å². The van der Waals surface area contributed by atoms with Crippen LogP contribution in [0.5, 0.6) is 0 Å². The fourth-order valence-corrected chi connectivity index (χ4v) is 2.65.